The number of anilines is 2. The first-order valence-corrected chi connectivity index (χ1v) is 4.09. The summed E-state index contributed by atoms with van der Waals surface area (Å²) < 4.78 is 26.5. The molecule has 1 aliphatic rings. The average molecular weight is 198 g/mol. The van der Waals surface area contributed by atoms with Crippen LogP contribution in [0.3, 0.4) is 0 Å². The van der Waals surface area contributed by atoms with E-state index in [1.54, 1.807) is 0 Å². The van der Waals surface area contributed by atoms with Crippen LogP contribution >= 0.6 is 0 Å². The highest BCUT2D eigenvalue weighted by Gasteiger charge is 2.28. The molecule has 0 bridgehead atoms. The van der Waals surface area contributed by atoms with E-state index in [1.165, 1.54) is 4.90 Å². The van der Waals surface area contributed by atoms with Crippen LogP contribution in [0.5, 0.6) is 0 Å². The lowest BCUT2D eigenvalue weighted by Gasteiger charge is -2.31. The number of ketones is 1. The smallest absolute Gasteiger partial charge is 0.171 e. The molecule has 3 nitrogen and oxygen atoms in total. The predicted octanol–water partition coefficient (Wildman–Crippen LogP) is 0.936. The summed E-state index contributed by atoms with van der Waals surface area (Å²) in [6.07, 6.45) is 0. The minimum atomic E-state index is -0.727. The fourth-order valence-corrected chi connectivity index (χ4v) is 1.42. The fraction of sp³-hybridized carbons (Fsp3) is 0.222. The van der Waals surface area contributed by atoms with Crippen molar-refractivity contribution in [2.24, 2.45) is 0 Å². The van der Waals surface area contributed by atoms with E-state index in [9.17, 15) is 13.6 Å². The van der Waals surface area contributed by atoms with Crippen molar-refractivity contribution in [2.45, 2.75) is 0 Å². The molecule has 0 spiro atoms. The largest absolute Gasteiger partial charge is 0.399 e. The summed E-state index contributed by atoms with van der Waals surface area (Å²) in [4.78, 5) is 12.0. The molecule has 1 aliphatic heterocycles. The second-order valence-electron chi connectivity index (χ2n) is 3.23. The molecule has 74 valence electrons. The highest BCUT2D eigenvalue weighted by Crippen LogP contribution is 2.28. The molecule has 0 aliphatic carbocycles. The van der Waals surface area contributed by atoms with E-state index in [0.717, 1.165) is 12.1 Å². The van der Waals surface area contributed by atoms with Crippen LogP contribution in [-0.2, 0) is 4.79 Å². The molecule has 0 aromatic heterocycles. The topological polar surface area (TPSA) is 46.3 Å². The van der Waals surface area contributed by atoms with E-state index in [2.05, 4.69) is 0 Å². The lowest BCUT2D eigenvalue weighted by molar-refractivity contribution is -0.119. The highest BCUT2D eigenvalue weighted by molar-refractivity contribution is 5.95. The van der Waals surface area contributed by atoms with Crippen molar-refractivity contribution in [3.05, 3.63) is 23.8 Å². The van der Waals surface area contributed by atoms with E-state index >= 15 is 0 Å². The number of halogens is 2. The van der Waals surface area contributed by atoms with Crippen LogP contribution in [0.2, 0.25) is 0 Å². The molecule has 1 saturated heterocycles. The normalized spacial score (nSPS) is 15.6. The molecule has 0 radical (unpaired) electrons. The van der Waals surface area contributed by atoms with E-state index in [1.807, 2.05) is 0 Å². The zero-order valence-corrected chi connectivity index (χ0v) is 7.26. The summed E-state index contributed by atoms with van der Waals surface area (Å²) in [5, 5.41) is 0. The number of nitrogens with two attached hydrogens (primary N) is 1. The van der Waals surface area contributed by atoms with Crippen LogP contribution in [0.4, 0.5) is 20.2 Å². The van der Waals surface area contributed by atoms with Gasteiger partial charge in [0, 0.05) is 5.69 Å². The van der Waals surface area contributed by atoms with Gasteiger partial charge in [0.25, 0.3) is 0 Å². The van der Waals surface area contributed by atoms with Crippen molar-refractivity contribution < 1.29 is 13.6 Å². The Balaban J connectivity index is 2.38. The van der Waals surface area contributed by atoms with Gasteiger partial charge in [-0.3, -0.25) is 4.79 Å². The first kappa shape index (κ1) is 8.93. The third kappa shape index (κ3) is 1.30. The van der Waals surface area contributed by atoms with Gasteiger partial charge in [-0.15, -0.1) is 0 Å². The van der Waals surface area contributed by atoms with Crippen LogP contribution in [0, 0.1) is 11.6 Å². The Bertz CT molecular complexity index is 375. The van der Waals surface area contributed by atoms with Crippen molar-refractivity contribution in [1.29, 1.82) is 0 Å². The van der Waals surface area contributed by atoms with Gasteiger partial charge in [0.1, 0.15) is 5.69 Å². The zero-order valence-electron chi connectivity index (χ0n) is 7.26. The molecule has 1 aromatic carbocycles. The number of rotatable bonds is 1. The van der Waals surface area contributed by atoms with E-state index < -0.39 is 11.6 Å². The summed E-state index contributed by atoms with van der Waals surface area (Å²) in [5.74, 6) is -1.48. The summed E-state index contributed by atoms with van der Waals surface area (Å²) in [6.45, 7) is 0.134. The number of Topliss-reactive ketones (excluding diaryl/α,β-unsaturated/α-hetero) is 1. The Hall–Kier alpha value is -1.65. The Morgan fingerprint density at radius 3 is 2.14 bits per heavy atom. The summed E-state index contributed by atoms with van der Waals surface area (Å²) in [7, 11) is 0. The van der Waals surface area contributed by atoms with Gasteiger partial charge in [-0.25, -0.2) is 8.78 Å². The van der Waals surface area contributed by atoms with Gasteiger partial charge in [-0.1, -0.05) is 0 Å². The second kappa shape index (κ2) is 2.94. The zero-order chi connectivity index (χ0) is 10.3. The van der Waals surface area contributed by atoms with Gasteiger partial charge >= 0.3 is 0 Å². The lowest BCUT2D eigenvalue weighted by Crippen LogP contribution is -2.48. The summed E-state index contributed by atoms with van der Waals surface area (Å²) in [6, 6.07) is 2.09. The number of carbonyl (C=O) groups excluding carboxylic acids is 1. The molecule has 1 fully saturated rings. The van der Waals surface area contributed by atoms with Gasteiger partial charge < -0.3 is 10.6 Å². The van der Waals surface area contributed by atoms with Crippen molar-refractivity contribution in [3.8, 4) is 0 Å². The summed E-state index contributed by atoms with van der Waals surface area (Å²) in [5.41, 5.74) is 5.12. The van der Waals surface area contributed by atoms with E-state index in [0.29, 0.717) is 0 Å². The Morgan fingerprint density at radius 1 is 1.21 bits per heavy atom. The molecule has 14 heavy (non-hydrogen) atoms. The number of benzene rings is 1. The Labute approximate surface area is 79.1 Å². The van der Waals surface area contributed by atoms with Crippen molar-refractivity contribution in [2.75, 3.05) is 23.7 Å². The van der Waals surface area contributed by atoms with Crippen LogP contribution in [-0.4, -0.2) is 18.9 Å². The van der Waals surface area contributed by atoms with Crippen molar-refractivity contribution >= 4 is 17.2 Å². The molecular weight excluding hydrogens is 190 g/mol. The molecule has 1 heterocycles. The molecule has 0 amide bonds. The number of hydrogen-bond acceptors (Lipinski definition) is 3. The maximum absolute atomic E-state index is 13.2. The quantitative estimate of drug-likeness (QED) is 0.683. The molecular formula is C9H8F2N2O. The minimum absolute atomic E-state index is 0.0272. The van der Waals surface area contributed by atoms with E-state index in [4.69, 9.17) is 5.73 Å². The van der Waals surface area contributed by atoms with Gasteiger partial charge in [-0.2, -0.15) is 0 Å². The molecule has 2 rings (SSSR count). The predicted molar refractivity (Wildman–Crippen MR) is 48.0 cm³/mol. The molecule has 1 aromatic rings. The van der Waals surface area contributed by atoms with Gasteiger partial charge in [-0.05, 0) is 12.1 Å². The third-order valence-electron chi connectivity index (χ3n) is 2.09. The first-order valence-electron chi connectivity index (χ1n) is 4.09. The van der Waals surface area contributed by atoms with Crippen LogP contribution in [0.25, 0.3) is 0 Å². The van der Waals surface area contributed by atoms with Crippen LogP contribution < -0.4 is 10.6 Å². The first-order chi connectivity index (χ1) is 6.58. The SMILES string of the molecule is Nc1cc(F)c(N2CC(=O)C2)c(F)c1. The molecule has 0 unspecified atom stereocenters. The number of nitrogens with zero attached hydrogens (tertiary/aromatic N) is 1. The number of hydrogen-bond donors (Lipinski definition) is 1. The lowest BCUT2D eigenvalue weighted by atomic mass is 10.1. The number of nitrogen functional groups attached to an aromatic ring is 1. The number of carbonyl (C=O) groups is 1. The van der Waals surface area contributed by atoms with Crippen molar-refractivity contribution in [3.63, 3.8) is 0 Å². The molecule has 2 N–H and O–H groups in total. The second-order valence-corrected chi connectivity index (χ2v) is 3.23. The van der Waals surface area contributed by atoms with Crippen LogP contribution in [0.1, 0.15) is 0 Å². The molecule has 0 atom stereocenters. The van der Waals surface area contributed by atoms with Gasteiger partial charge in [0.05, 0.1) is 13.1 Å². The Kier molecular flexibility index (Phi) is 1.87. The summed E-state index contributed by atoms with van der Waals surface area (Å²) >= 11 is 0. The molecule has 5 heteroatoms. The maximum atomic E-state index is 13.2. The highest BCUT2D eigenvalue weighted by atomic mass is 19.1. The average Bonchev–Trinajstić information content (AvgIpc) is 1.99. The van der Waals surface area contributed by atoms with E-state index in [-0.39, 0.29) is 30.2 Å². The monoisotopic (exact) mass is 198 g/mol. The minimum Gasteiger partial charge on any atom is -0.399 e. The van der Waals surface area contributed by atoms with Gasteiger partial charge in [0.2, 0.25) is 0 Å². The van der Waals surface area contributed by atoms with Crippen LogP contribution in [0.15, 0.2) is 12.1 Å². The maximum Gasteiger partial charge on any atom is 0.171 e. The fourth-order valence-electron chi connectivity index (χ4n) is 1.42. The standard InChI is InChI=1S/C9H8F2N2O/c10-7-1-5(12)2-8(11)9(7)13-3-6(14)4-13/h1-2H,3-4,12H2. The Morgan fingerprint density at radius 2 is 1.71 bits per heavy atom. The van der Waals surface area contributed by atoms with Crippen molar-refractivity contribution in [1.82, 2.24) is 0 Å². The van der Waals surface area contributed by atoms with Gasteiger partial charge in [0.15, 0.2) is 17.4 Å². The molecule has 0 saturated carbocycles. The third-order valence-corrected chi connectivity index (χ3v) is 2.09.